The summed E-state index contributed by atoms with van der Waals surface area (Å²) in [6.45, 7) is 1.70. The SMILES string of the molecule is CCC(=O)Nc1onc(-c2cccc(Cl)c2)c1C#N. The first kappa shape index (κ1) is 13.1. The predicted octanol–water partition coefficient (Wildman–Crippen LogP) is 3.22. The molecule has 0 atom stereocenters. The smallest absolute Gasteiger partial charge is 0.249 e. The molecular formula is C13H10ClN3O2. The van der Waals surface area contributed by atoms with Gasteiger partial charge >= 0.3 is 0 Å². The number of carbonyl (C=O) groups excluding carboxylic acids is 1. The highest BCUT2D eigenvalue weighted by Gasteiger charge is 2.18. The lowest BCUT2D eigenvalue weighted by Crippen LogP contribution is -2.09. The molecule has 0 aliphatic rings. The van der Waals surface area contributed by atoms with Crippen molar-refractivity contribution < 1.29 is 9.32 Å². The molecule has 0 unspecified atom stereocenters. The van der Waals surface area contributed by atoms with E-state index in [1.165, 1.54) is 0 Å². The van der Waals surface area contributed by atoms with Gasteiger partial charge in [-0.05, 0) is 12.1 Å². The third kappa shape index (κ3) is 2.75. The van der Waals surface area contributed by atoms with Gasteiger partial charge in [-0.1, -0.05) is 35.8 Å². The van der Waals surface area contributed by atoms with Gasteiger partial charge in [-0.3, -0.25) is 10.1 Å². The van der Waals surface area contributed by atoms with Crippen molar-refractivity contribution in [3.05, 3.63) is 34.9 Å². The van der Waals surface area contributed by atoms with Crippen LogP contribution < -0.4 is 5.32 Å². The number of benzene rings is 1. The molecule has 1 amide bonds. The van der Waals surface area contributed by atoms with Crippen LogP contribution in [0.3, 0.4) is 0 Å². The van der Waals surface area contributed by atoms with E-state index >= 15 is 0 Å². The first-order valence-electron chi connectivity index (χ1n) is 5.61. The highest BCUT2D eigenvalue weighted by Crippen LogP contribution is 2.29. The molecule has 0 saturated carbocycles. The van der Waals surface area contributed by atoms with Crippen LogP contribution in [0.4, 0.5) is 5.88 Å². The summed E-state index contributed by atoms with van der Waals surface area (Å²) in [5.41, 5.74) is 1.20. The van der Waals surface area contributed by atoms with Crippen molar-refractivity contribution in [1.82, 2.24) is 5.16 Å². The molecule has 2 aromatic rings. The van der Waals surface area contributed by atoms with Crippen molar-refractivity contribution in [3.8, 4) is 17.3 Å². The average molecular weight is 276 g/mol. The zero-order valence-corrected chi connectivity index (χ0v) is 10.9. The molecule has 1 heterocycles. The molecular weight excluding hydrogens is 266 g/mol. The molecule has 0 aliphatic heterocycles. The molecule has 1 aromatic carbocycles. The molecule has 0 fully saturated rings. The van der Waals surface area contributed by atoms with Crippen molar-refractivity contribution in [2.45, 2.75) is 13.3 Å². The van der Waals surface area contributed by atoms with Gasteiger partial charge in [0.25, 0.3) is 0 Å². The minimum Gasteiger partial charge on any atom is -0.336 e. The van der Waals surface area contributed by atoms with Gasteiger partial charge < -0.3 is 4.52 Å². The maximum absolute atomic E-state index is 11.3. The van der Waals surface area contributed by atoms with Crippen molar-refractivity contribution in [1.29, 1.82) is 5.26 Å². The van der Waals surface area contributed by atoms with Gasteiger partial charge in [0.05, 0.1) is 0 Å². The number of nitrogens with one attached hydrogen (secondary N) is 1. The van der Waals surface area contributed by atoms with Gasteiger partial charge in [-0.15, -0.1) is 0 Å². The second-order valence-corrected chi connectivity index (χ2v) is 4.20. The van der Waals surface area contributed by atoms with E-state index in [0.717, 1.165) is 0 Å². The highest BCUT2D eigenvalue weighted by atomic mass is 35.5. The van der Waals surface area contributed by atoms with Crippen LogP contribution in [-0.4, -0.2) is 11.1 Å². The fourth-order valence-electron chi connectivity index (χ4n) is 1.53. The normalized spacial score (nSPS) is 9.95. The molecule has 5 nitrogen and oxygen atoms in total. The number of rotatable bonds is 3. The fraction of sp³-hybridized carbons (Fsp3) is 0.154. The minimum atomic E-state index is -0.245. The Kier molecular flexibility index (Phi) is 3.83. The van der Waals surface area contributed by atoms with Crippen LogP contribution in [0.25, 0.3) is 11.3 Å². The molecule has 0 bridgehead atoms. The van der Waals surface area contributed by atoms with E-state index in [1.54, 1.807) is 31.2 Å². The number of amides is 1. The molecule has 0 saturated heterocycles. The average Bonchev–Trinajstić information content (AvgIpc) is 2.81. The Morgan fingerprint density at radius 3 is 3.00 bits per heavy atom. The predicted molar refractivity (Wildman–Crippen MR) is 70.6 cm³/mol. The molecule has 1 aromatic heterocycles. The van der Waals surface area contributed by atoms with E-state index < -0.39 is 0 Å². The van der Waals surface area contributed by atoms with E-state index in [1.807, 2.05) is 6.07 Å². The van der Waals surface area contributed by atoms with Crippen LogP contribution >= 0.6 is 11.6 Å². The zero-order chi connectivity index (χ0) is 13.8. The van der Waals surface area contributed by atoms with Crippen molar-refractivity contribution in [3.63, 3.8) is 0 Å². The summed E-state index contributed by atoms with van der Waals surface area (Å²) in [5.74, 6) is -0.186. The third-order valence-corrected chi connectivity index (χ3v) is 2.71. The van der Waals surface area contributed by atoms with Crippen LogP contribution in [0.1, 0.15) is 18.9 Å². The maximum atomic E-state index is 11.3. The summed E-state index contributed by atoms with van der Waals surface area (Å²) < 4.78 is 5.01. The van der Waals surface area contributed by atoms with Crippen molar-refractivity contribution >= 4 is 23.4 Å². The van der Waals surface area contributed by atoms with Crippen LogP contribution in [0.5, 0.6) is 0 Å². The number of hydrogen-bond donors (Lipinski definition) is 1. The van der Waals surface area contributed by atoms with Crippen LogP contribution in [-0.2, 0) is 4.79 Å². The summed E-state index contributed by atoms with van der Waals surface area (Å²) in [4.78, 5) is 11.3. The van der Waals surface area contributed by atoms with Gasteiger partial charge in [0.2, 0.25) is 11.8 Å². The Labute approximate surface area is 114 Å². The van der Waals surface area contributed by atoms with E-state index in [2.05, 4.69) is 10.5 Å². The first-order chi connectivity index (χ1) is 9.15. The lowest BCUT2D eigenvalue weighted by Gasteiger charge is -1.98. The molecule has 19 heavy (non-hydrogen) atoms. The minimum absolute atomic E-state index is 0.0596. The second-order valence-electron chi connectivity index (χ2n) is 3.76. The Morgan fingerprint density at radius 1 is 1.58 bits per heavy atom. The van der Waals surface area contributed by atoms with Crippen LogP contribution in [0.2, 0.25) is 5.02 Å². The van der Waals surface area contributed by atoms with Crippen molar-refractivity contribution in [2.24, 2.45) is 0 Å². The Balaban J connectivity index is 2.43. The van der Waals surface area contributed by atoms with Gasteiger partial charge in [0, 0.05) is 17.0 Å². The number of nitrogens with zero attached hydrogens (tertiary/aromatic N) is 2. The van der Waals surface area contributed by atoms with E-state index in [4.69, 9.17) is 16.1 Å². The molecule has 0 spiro atoms. The molecule has 96 valence electrons. The number of halogens is 1. The topological polar surface area (TPSA) is 78.9 Å². The summed E-state index contributed by atoms with van der Waals surface area (Å²) >= 11 is 5.89. The van der Waals surface area contributed by atoms with Gasteiger partial charge in [0.15, 0.2) is 0 Å². The second kappa shape index (κ2) is 5.55. The Bertz CT molecular complexity index is 658. The Hall–Kier alpha value is -2.32. The van der Waals surface area contributed by atoms with E-state index in [-0.39, 0.29) is 23.8 Å². The number of hydrogen-bond acceptors (Lipinski definition) is 4. The lowest BCUT2D eigenvalue weighted by molar-refractivity contribution is -0.116. The summed E-state index contributed by atoms with van der Waals surface area (Å²) in [6, 6.07) is 8.88. The first-order valence-corrected chi connectivity index (χ1v) is 5.99. The fourth-order valence-corrected chi connectivity index (χ4v) is 1.72. The van der Waals surface area contributed by atoms with Gasteiger partial charge in [-0.25, -0.2) is 0 Å². The third-order valence-electron chi connectivity index (χ3n) is 2.48. The molecule has 6 heteroatoms. The largest absolute Gasteiger partial charge is 0.336 e. The van der Waals surface area contributed by atoms with E-state index in [9.17, 15) is 10.1 Å². The molecule has 1 N–H and O–H groups in total. The Morgan fingerprint density at radius 2 is 2.37 bits per heavy atom. The van der Waals surface area contributed by atoms with E-state index in [0.29, 0.717) is 16.3 Å². The number of anilines is 1. The summed E-state index contributed by atoms with van der Waals surface area (Å²) in [7, 11) is 0. The number of carbonyl (C=O) groups is 1. The van der Waals surface area contributed by atoms with Gasteiger partial charge in [-0.2, -0.15) is 5.26 Å². The molecule has 0 aliphatic carbocycles. The molecule has 2 rings (SSSR count). The monoisotopic (exact) mass is 275 g/mol. The quantitative estimate of drug-likeness (QED) is 0.933. The summed E-state index contributed by atoms with van der Waals surface area (Å²) in [5, 5.41) is 16.0. The molecule has 0 radical (unpaired) electrons. The summed E-state index contributed by atoms with van der Waals surface area (Å²) in [6.07, 6.45) is 0.290. The van der Waals surface area contributed by atoms with Gasteiger partial charge in [0.1, 0.15) is 17.3 Å². The van der Waals surface area contributed by atoms with Crippen LogP contribution in [0, 0.1) is 11.3 Å². The zero-order valence-electron chi connectivity index (χ0n) is 10.1. The van der Waals surface area contributed by atoms with Crippen molar-refractivity contribution in [2.75, 3.05) is 5.32 Å². The number of aromatic nitrogens is 1. The highest BCUT2D eigenvalue weighted by molar-refractivity contribution is 6.30. The standard InChI is InChI=1S/C13H10ClN3O2/c1-2-11(18)16-13-10(7-15)12(17-19-13)8-4-3-5-9(14)6-8/h3-6H,2H2,1H3,(H,16,18). The maximum Gasteiger partial charge on any atom is 0.249 e. The van der Waals surface area contributed by atoms with Crippen LogP contribution in [0.15, 0.2) is 28.8 Å². The lowest BCUT2D eigenvalue weighted by atomic mass is 10.1. The number of nitriles is 1.